The first-order valence-electron chi connectivity index (χ1n) is 4.28. The molecule has 64 valence electrons. The van der Waals surface area contributed by atoms with E-state index < -0.39 is 0 Å². The zero-order valence-electron chi connectivity index (χ0n) is 7.13. The van der Waals surface area contributed by atoms with Crippen molar-refractivity contribution in [2.24, 2.45) is 0 Å². The zero-order chi connectivity index (χ0) is 8.84. The molecule has 0 atom stereocenters. The SMILES string of the molecule is C=C1NCc2coc3cccc1c23. The number of furan rings is 1. The Morgan fingerprint density at radius 1 is 1.38 bits per heavy atom. The van der Waals surface area contributed by atoms with Gasteiger partial charge in [-0.05, 0) is 6.07 Å². The highest BCUT2D eigenvalue weighted by atomic mass is 16.3. The lowest BCUT2D eigenvalue weighted by molar-refractivity contribution is 0.609. The van der Waals surface area contributed by atoms with Crippen molar-refractivity contribution < 1.29 is 4.42 Å². The zero-order valence-corrected chi connectivity index (χ0v) is 7.13. The van der Waals surface area contributed by atoms with Crippen LogP contribution in [-0.4, -0.2) is 0 Å². The average Bonchev–Trinajstić information content (AvgIpc) is 2.57. The van der Waals surface area contributed by atoms with E-state index in [-0.39, 0.29) is 0 Å². The van der Waals surface area contributed by atoms with Crippen LogP contribution in [0.3, 0.4) is 0 Å². The molecule has 0 fully saturated rings. The summed E-state index contributed by atoms with van der Waals surface area (Å²) in [5, 5.41) is 4.44. The Kier molecular flexibility index (Phi) is 1.13. The third-order valence-corrected chi connectivity index (χ3v) is 2.49. The van der Waals surface area contributed by atoms with Gasteiger partial charge in [-0.15, -0.1) is 0 Å². The Morgan fingerprint density at radius 3 is 3.23 bits per heavy atom. The van der Waals surface area contributed by atoms with Gasteiger partial charge in [-0.25, -0.2) is 0 Å². The van der Waals surface area contributed by atoms with Crippen LogP contribution in [-0.2, 0) is 6.54 Å². The molecule has 0 unspecified atom stereocenters. The minimum absolute atomic E-state index is 0.822. The second kappa shape index (κ2) is 2.16. The predicted octanol–water partition coefficient (Wildman–Crippen LogP) is 2.51. The van der Waals surface area contributed by atoms with Crippen molar-refractivity contribution in [2.45, 2.75) is 6.54 Å². The lowest BCUT2D eigenvalue weighted by Gasteiger charge is -2.15. The Bertz CT molecular complexity index is 496. The van der Waals surface area contributed by atoms with Crippen LogP contribution in [0, 0.1) is 0 Å². The van der Waals surface area contributed by atoms with Crippen molar-refractivity contribution in [1.29, 1.82) is 0 Å². The van der Waals surface area contributed by atoms with E-state index in [2.05, 4.69) is 18.0 Å². The molecule has 1 aliphatic heterocycles. The lowest BCUT2D eigenvalue weighted by Crippen LogP contribution is -2.15. The summed E-state index contributed by atoms with van der Waals surface area (Å²) in [7, 11) is 0. The molecule has 0 amide bonds. The molecular formula is C11H9NO. The summed E-state index contributed by atoms with van der Waals surface area (Å²) in [4.78, 5) is 0. The molecule has 0 aliphatic carbocycles. The second-order valence-corrected chi connectivity index (χ2v) is 3.27. The molecule has 1 aromatic heterocycles. The molecular weight excluding hydrogens is 162 g/mol. The molecule has 1 aliphatic rings. The van der Waals surface area contributed by atoms with Crippen molar-refractivity contribution >= 4 is 16.7 Å². The van der Waals surface area contributed by atoms with Crippen molar-refractivity contribution in [3.8, 4) is 0 Å². The van der Waals surface area contributed by atoms with Gasteiger partial charge in [0.25, 0.3) is 0 Å². The fourth-order valence-electron chi connectivity index (χ4n) is 1.83. The highest BCUT2D eigenvalue weighted by molar-refractivity contribution is 5.94. The molecule has 0 bridgehead atoms. The van der Waals surface area contributed by atoms with Gasteiger partial charge in [0.05, 0.1) is 6.26 Å². The normalized spacial score (nSPS) is 14.6. The number of hydrogen-bond donors (Lipinski definition) is 1. The summed E-state index contributed by atoms with van der Waals surface area (Å²) in [6.45, 7) is 4.79. The fraction of sp³-hybridized carbons (Fsp3) is 0.0909. The molecule has 0 saturated heterocycles. The lowest BCUT2D eigenvalue weighted by atomic mass is 10.0. The first kappa shape index (κ1) is 6.78. The summed E-state index contributed by atoms with van der Waals surface area (Å²) in [6.07, 6.45) is 1.81. The van der Waals surface area contributed by atoms with Gasteiger partial charge >= 0.3 is 0 Å². The van der Waals surface area contributed by atoms with E-state index in [0.29, 0.717) is 0 Å². The Hall–Kier alpha value is -1.70. The third kappa shape index (κ3) is 0.773. The topological polar surface area (TPSA) is 25.2 Å². The molecule has 2 heterocycles. The first-order chi connectivity index (χ1) is 6.36. The van der Waals surface area contributed by atoms with E-state index >= 15 is 0 Å². The van der Waals surface area contributed by atoms with Crippen LogP contribution in [0.1, 0.15) is 11.1 Å². The van der Waals surface area contributed by atoms with Crippen LogP contribution < -0.4 is 5.32 Å². The maximum absolute atomic E-state index is 5.43. The van der Waals surface area contributed by atoms with Gasteiger partial charge in [-0.3, -0.25) is 0 Å². The summed E-state index contributed by atoms with van der Waals surface area (Å²) in [6, 6.07) is 6.04. The van der Waals surface area contributed by atoms with Gasteiger partial charge in [0.15, 0.2) is 0 Å². The quantitative estimate of drug-likeness (QED) is 0.658. The van der Waals surface area contributed by atoms with E-state index in [9.17, 15) is 0 Å². The van der Waals surface area contributed by atoms with Gasteiger partial charge in [0, 0.05) is 28.8 Å². The van der Waals surface area contributed by atoms with E-state index in [4.69, 9.17) is 4.42 Å². The maximum atomic E-state index is 5.43. The summed E-state index contributed by atoms with van der Waals surface area (Å²) >= 11 is 0. The molecule has 0 spiro atoms. The summed E-state index contributed by atoms with van der Waals surface area (Å²) in [5.41, 5.74) is 4.32. The van der Waals surface area contributed by atoms with Crippen LogP contribution in [0.15, 0.2) is 35.5 Å². The first-order valence-corrected chi connectivity index (χ1v) is 4.28. The van der Waals surface area contributed by atoms with Gasteiger partial charge in [-0.2, -0.15) is 0 Å². The third-order valence-electron chi connectivity index (χ3n) is 2.49. The molecule has 1 N–H and O–H groups in total. The maximum Gasteiger partial charge on any atom is 0.134 e. The molecule has 2 nitrogen and oxygen atoms in total. The van der Waals surface area contributed by atoms with Gasteiger partial charge in [0.1, 0.15) is 5.58 Å². The second-order valence-electron chi connectivity index (χ2n) is 3.27. The van der Waals surface area contributed by atoms with E-state index in [1.54, 1.807) is 0 Å². The molecule has 13 heavy (non-hydrogen) atoms. The van der Waals surface area contributed by atoms with E-state index in [1.165, 1.54) is 10.9 Å². The molecule has 0 saturated carbocycles. The molecule has 2 aromatic rings. The van der Waals surface area contributed by atoms with Crippen molar-refractivity contribution in [3.63, 3.8) is 0 Å². The van der Waals surface area contributed by atoms with Gasteiger partial charge in [0.2, 0.25) is 0 Å². The largest absolute Gasteiger partial charge is 0.464 e. The van der Waals surface area contributed by atoms with Crippen molar-refractivity contribution in [2.75, 3.05) is 0 Å². The minimum atomic E-state index is 0.822. The predicted molar refractivity (Wildman–Crippen MR) is 52.1 cm³/mol. The van der Waals surface area contributed by atoms with E-state index in [1.807, 2.05) is 18.4 Å². The van der Waals surface area contributed by atoms with E-state index in [0.717, 1.165) is 23.4 Å². The monoisotopic (exact) mass is 171 g/mol. The number of rotatable bonds is 0. The smallest absolute Gasteiger partial charge is 0.134 e. The molecule has 3 rings (SSSR count). The van der Waals surface area contributed by atoms with Crippen molar-refractivity contribution in [3.05, 3.63) is 42.2 Å². The Balaban J connectivity index is 2.52. The van der Waals surface area contributed by atoms with Gasteiger partial charge in [-0.1, -0.05) is 18.7 Å². The summed E-state index contributed by atoms with van der Waals surface area (Å²) < 4.78 is 5.43. The Morgan fingerprint density at radius 2 is 2.31 bits per heavy atom. The fourth-order valence-corrected chi connectivity index (χ4v) is 1.83. The standard InChI is InChI=1S/C11H9NO/c1-7-9-3-2-4-10-11(9)8(5-12-7)6-13-10/h2-4,6,12H,1,5H2. The number of benzene rings is 1. The molecule has 0 radical (unpaired) electrons. The number of hydrogen-bond acceptors (Lipinski definition) is 2. The highest BCUT2D eigenvalue weighted by Gasteiger charge is 2.16. The minimum Gasteiger partial charge on any atom is -0.464 e. The molecule has 1 aromatic carbocycles. The van der Waals surface area contributed by atoms with Crippen LogP contribution in [0.25, 0.3) is 16.7 Å². The van der Waals surface area contributed by atoms with Crippen LogP contribution in [0.2, 0.25) is 0 Å². The van der Waals surface area contributed by atoms with Crippen molar-refractivity contribution in [1.82, 2.24) is 5.32 Å². The van der Waals surface area contributed by atoms with Crippen LogP contribution >= 0.6 is 0 Å². The van der Waals surface area contributed by atoms with Crippen LogP contribution in [0.5, 0.6) is 0 Å². The molecule has 2 heteroatoms. The summed E-state index contributed by atoms with van der Waals surface area (Å²) in [5.74, 6) is 0. The average molecular weight is 171 g/mol. The van der Waals surface area contributed by atoms with Crippen LogP contribution in [0.4, 0.5) is 0 Å². The Labute approximate surface area is 75.9 Å². The highest BCUT2D eigenvalue weighted by Crippen LogP contribution is 2.31. The van der Waals surface area contributed by atoms with Gasteiger partial charge < -0.3 is 9.73 Å². The number of nitrogens with one attached hydrogen (secondary N) is 1.